The van der Waals surface area contributed by atoms with Gasteiger partial charge in [-0.1, -0.05) is 0 Å². The van der Waals surface area contributed by atoms with Gasteiger partial charge in [0.25, 0.3) is 5.91 Å². The van der Waals surface area contributed by atoms with Gasteiger partial charge in [-0.25, -0.2) is 0 Å². The molecule has 0 saturated carbocycles. The number of aromatic nitrogens is 2. The Bertz CT molecular complexity index is 409. The first-order valence-corrected chi connectivity index (χ1v) is 4.57. The number of halogens is 3. The lowest BCUT2D eigenvalue weighted by Crippen LogP contribution is -2.34. The van der Waals surface area contributed by atoms with Crippen LogP contribution in [0.15, 0.2) is 0 Å². The predicted molar refractivity (Wildman–Crippen MR) is 51.1 cm³/mol. The van der Waals surface area contributed by atoms with Gasteiger partial charge in [0.05, 0.1) is 11.3 Å². The van der Waals surface area contributed by atoms with E-state index in [1.807, 2.05) is 5.32 Å². The Kier molecular flexibility index (Phi) is 3.25. The Balaban J connectivity index is 2.81. The zero-order valence-electron chi connectivity index (χ0n) is 9.14. The number of nitrogens with one attached hydrogen (secondary N) is 1. The molecule has 0 saturated heterocycles. The van der Waals surface area contributed by atoms with Crippen LogP contribution in [0.5, 0.6) is 0 Å². The third kappa shape index (κ3) is 2.74. The van der Waals surface area contributed by atoms with Crippen LogP contribution in [-0.2, 0) is 7.05 Å². The minimum atomic E-state index is -4.40. The van der Waals surface area contributed by atoms with Crippen molar-refractivity contribution in [3.05, 3.63) is 17.0 Å². The Hall–Kier alpha value is -1.53. The number of rotatable bonds is 2. The predicted octanol–water partition coefficient (Wildman–Crippen LogP) is 1.33. The number of amides is 1. The van der Waals surface area contributed by atoms with Crippen LogP contribution in [0.25, 0.3) is 0 Å². The van der Waals surface area contributed by atoms with Gasteiger partial charge in [0.15, 0.2) is 0 Å². The zero-order valence-corrected chi connectivity index (χ0v) is 9.14. The van der Waals surface area contributed by atoms with Gasteiger partial charge >= 0.3 is 6.18 Å². The Morgan fingerprint density at radius 3 is 2.38 bits per heavy atom. The van der Waals surface area contributed by atoms with Crippen molar-refractivity contribution in [2.24, 2.45) is 7.05 Å². The SMILES string of the molecule is Cc1nn(C)c(C)c1C(=O)NCC(F)(F)F. The molecule has 0 aliphatic rings. The molecule has 1 amide bonds. The molecule has 0 spiro atoms. The second kappa shape index (κ2) is 4.15. The normalized spacial score (nSPS) is 11.6. The molecule has 4 nitrogen and oxygen atoms in total. The molecule has 0 aromatic carbocycles. The van der Waals surface area contributed by atoms with Crippen LogP contribution in [0, 0.1) is 13.8 Å². The molecule has 0 fully saturated rings. The third-order valence-corrected chi connectivity index (χ3v) is 2.19. The van der Waals surface area contributed by atoms with Gasteiger partial charge in [0.1, 0.15) is 6.54 Å². The number of alkyl halides is 3. The summed E-state index contributed by atoms with van der Waals surface area (Å²) in [6.07, 6.45) is -4.40. The molecule has 0 radical (unpaired) electrons. The van der Waals surface area contributed by atoms with Crippen molar-refractivity contribution in [2.75, 3.05) is 6.54 Å². The molecular weight excluding hydrogens is 223 g/mol. The summed E-state index contributed by atoms with van der Waals surface area (Å²) in [4.78, 5) is 11.5. The highest BCUT2D eigenvalue weighted by Gasteiger charge is 2.29. The molecule has 0 unspecified atom stereocenters. The van der Waals surface area contributed by atoms with Gasteiger partial charge in [0, 0.05) is 12.7 Å². The molecule has 1 rings (SSSR count). The highest BCUT2D eigenvalue weighted by Crippen LogP contribution is 2.15. The first-order chi connectivity index (χ1) is 7.22. The lowest BCUT2D eigenvalue weighted by Gasteiger charge is -2.08. The highest BCUT2D eigenvalue weighted by molar-refractivity contribution is 5.96. The average molecular weight is 235 g/mol. The van der Waals surface area contributed by atoms with Gasteiger partial charge < -0.3 is 5.32 Å². The van der Waals surface area contributed by atoms with Gasteiger partial charge in [-0.15, -0.1) is 0 Å². The Morgan fingerprint density at radius 1 is 1.44 bits per heavy atom. The molecule has 1 heterocycles. The van der Waals surface area contributed by atoms with Crippen molar-refractivity contribution in [3.8, 4) is 0 Å². The minimum Gasteiger partial charge on any atom is -0.343 e. The average Bonchev–Trinajstić information content (AvgIpc) is 2.36. The van der Waals surface area contributed by atoms with E-state index in [0.717, 1.165) is 0 Å². The maximum Gasteiger partial charge on any atom is 0.405 e. The van der Waals surface area contributed by atoms with Crippen LogP contribution in [0.4, 0.5) is 13.2 Å². The van der Waals surface area contributed by atoms with Gasteiger partial charge in [-0.05, 0) is 13.8 Å². The fourth-order valence-corrected chi connectivity index (χ4v) is 1.37. The molecule has 1 aromatic rings. The molecular formula is C9H12F3N3O. The summed E-state index contributed by atoms with van der Waals surface area (Å²) >= 11 is 0. The molecule has 0 bridgehead atoms. The van der Waals surface area contributed by atoms with E-state index in [4.69, 9.17) is 0 Å². The number of hydrogen-bond acceptors (Lipinski definition) is 2. The molecule has 0 aliphatic carbocycles. The van der Waals surface area contributed by atoms with Crippen LogP contribution >= 0.6 is 0 Å². The summed E-state index contributed by atoms with van der Waals surface area (Å²) < 4.78 is 37.2. The fraction of sp³-hybridized carbons (Fsp3) is 0.556. The van der Waals surface area contributed by atoms with Crippen molar-refractivity contribution in [3.63, 3.8) is 0 Å². The van der Waals surface area contributed by atoms with Crippen molar-refractivity contribution >= 4 is 5.91 Å². The summed E-state index contributed by atoms with van der Waals surface area (Å²) in [7, 11) is 1.63. The molecule has 1 N–H and O–H groups in total. The monoisotopic (exact) mass is 235 g/mol. The van der Waals surface area contributed by atoms with E-state index in [0.29, 0.717) is 11.4 Å². The quantitative estimate of drug-likeness (QED) is 0.840. The van der Waals surface area contributed by atoms with Crippen LogP contribution in [0.2, 0.25) is 0 Å². The smallest absolute Gasteiger partial charge is 0.343 e. The Labute approximate surface area is 90.4 Å². The summed E-state index contributed by atoms with van der Waals surface area (Å²) in [5.74, 6) is -0.750. The van der Waals surface area contributed by atoms with E-state index in [-0.39, 0.29) is 5.56 Å². The summed E-state index contributed by atoms with van der Waals surface area (Å²) in [5, 5.41) is 5.77. The molecule has 0 atom stereocenters. The first-order valence-electron chi connectivity index (χ1n) is 4.57. The largest absolute Gasteiger partial charge is 0.405 e. The molecule has 7 heteroatoms. The topological polar surface area (TPSA) is 46.9 Å². The first kappa shape index (κ1) is 12.5. The zero-order chi connectivity index (χ0) is 12.5. The molecule has 0 aliphatic heterocycles. The number of carbonyl (C=O) groups is 1. The van der Waals surface area contributed by atoms with Crippen LogP contribution in [0.3, 0.4) is 0 Å². The number of hydrogen-bond donors (Lipinski definition) is 1. The van der Waals surface area contributed by atoms with E-state index in [1.54, 1.807) is 20.9 Å². The van der Waals surface area contributed by atoms with E-state index >= 15 is 0 Å². The maximum atomic E-state index is 11.9. The standard InChI is InChI=1S/C9H12F3N3O/c1-5-7(6(2)15(3)14-5)8(16)13-4-9(10,11)12/h4H2,1-3H3,(H,13,16). The second-order valence-corrected chi connectivity index (χ2v) is 3.47. The Morgan fingerprint density at radius 2 is 2.00 bits per heavy atom. The molecule has 90 valence electrons. The van der Waals surface area contributed by atoms with Crippen LogP contribution < -0.4 is 5.32 Å². The van der Waals surface area contributed by atoms with Crippen LogP contribution in [0.1, 0.15) is 21.7 Å². The minimum absolute atomic E-state index is 0.201. The van der Waals surface area contributed by atoms with Crippen molar-refractivity contribution in [2.45, 2.75) is 20.0 Å². The number of aryl methyl sites for hydroxylation is 2. The van der Waals surface area contributed by atoms with Crippen molar-refractivity contribution < 1.29 is 18.0 Å². The van der Waals surface area contributed by atoms with E-state index in [2.05, 4.69) is 5.10 Å². The molecule has 16 heavy (non-hydrogen) atoms. The van der Waals surface area contributed by atoms with Crippen molar-refractivity contribution in [1.29, 1.82) is 0 Å². The van der Waals surface area contributed by atoms with Gasteiger partial charge in [0.2, 0.25) is 0 Å². The number of nitrogens with zero attached hydrogens (tertiary/aromatic N) is 2. The maximum absolute atomic E-state index is 11.9. The summed E-state index contributed by atoms with van der Waals surface area (Å²) in [6.45, 7) is 1.87. The highest BCUT2D eigenvalue weighted by atomic mass is 19.4. The lowest BCUT2D eigenvalue weighted by atomic mass is 10.2. The van der Waals surface area contributed by atoms with Gasteiger partial charge in [-0.3, -0.25) is 9.48 Å². The van der Waals surface area contributed by atoms with Crippen molar-refractivity contribution in [1.82, 2.24) is 15.1 Å². The second-order valence-electron chi connectivity index (χ2n) is 3.47. The molecule has 1 aromatic heterocycles. The summed E-state index contributed by atoms with van der Waals surface area (Å²) in [5.41, 5.74) is 1.16. The number of carbonyl (C=O) groups excluding carboxylic acids is 1. The van der Waals surface area contributed by atoms with E-state index in [1.165, 1.54) is 4.68 Å². The fourth-order valence-electron chi connectivity index (χ4n) is 1.37. The van der Waals surface area contributed by atoms with E-state index in [9.17, 15) is 18.0 Å². The third-order valence-electron chi connectivity index (χ3n) is 2.19. The van der Waals surface area contributed by atoms with Gasteiger partial charge in [-0.2, -0.15) is 18.3 Å². The summed E-state index contributed by atoms with van der Waals surface area (Å²) in [6, 6.07) is 0. The lowest BCUT2D eigenvalue weighted by molar-refractivity contribution is -0.123. The van der Waals surface area contributed by atoms with E-state index < -0.39 is 18.6 Å². The van der Waals surface area contributed by atoms with Crippen LogP contribution in [-0.4, -0.2) is 28.4 Å².